The molecular weight excluding hydrogens is 172 g/mol. The molecule has 0 aliphatic carbocycles. The van der Waals surface area contributed by atoms with Gasteiger partial charge in [-0.25, -0.2) is 0 Å². The van der Waals surface area contributed by atoms with Crippen LogP contribution in [0.1, 0.15) is 6.92 Å². The molecule has 0 fully saturated rings. The minimum Gasteiger partial charge on any atom is -0.481 e. The van der Waals surface area contributed by atoms with E-state index in [1.165, 1.54) is 0 Å². The molecule has 76 valence electrons. The van der Waals surface area contributed by atoms with Gasteiger partial charge in [-0.1, -0.05) is 0 Å². The summed E-state index contributed by atoms with van der Waals surface area (Å²) in [5.74, 6) is -0.833. The van der Waals surface area contributed by atoms with Crippen molar-refractivity contribution in [3.8, 4) is 0 Å². The Hall–Kier alpha value is -1.23. The molecule has 0 radical (unpaired) electrons. The second-order valence-corrected chi connectivity index (χ2v) is 2.75. The van der Waals surface area contributed by atoms with E-state index >= 15 is 0 Å². The van der Waals surface area contributed by atoms with Gasteiger partial charge in [-0.05, 0) is 0 Å². The standard InChI is InChI=1S/C6H12N2O.C2H4O2/c1-7-2-3-8(6-7)4-5-9;1-2(3)4/h2-3,9H,4-6H2,1H3;1H3,(H,3,4). The van der Waals surface area contributed by atoms with Crippen LogP contribution in [-0.2, 0) is 4.79 Å². The molecule has 1 aliphatic heterocycles. The Morgan fingerprint density at radius 2 is 2.08 bits per heavy atom. The molecule has 5 nitrogen and oxygen atoms in total. The highest BCUT2D eigenvalue weighted by Crippen LogP contribution is 2.01. The van der Waals surface area contributed by atoms with Crippen molar-refractivity contribution >= 4 is 5.97 Å². The van der Waals surface area contributed by atoms with Crippen LogP contribution >= 0.6 is 0 Å². The topological polar surface area (TPSA) is 64.0 Å². The SMILES string of the molecule is CC(=O)O.CN1C=CN(CCO)C1. The Labute approximate surface area is 77.9 Å². The first-order valence-electron chi connectivity index (χ1n) is 3.99. The van der Waals surface area contributed by atoms with Crippen molar-refractivity contribution in [2.45, 2.75) is 6.92 Å². The third-order valence-corrected chi connectivity index (χ3v) is 1.32. The number of carboxylic acids is 1. The summed E-state index contributed by atoms with van der Waals surface area (Å²) >= 11 is 0. The summed E-state index contributed by atoms with van der Waals surface area (Å²) in [4.78, 5) is 13.1. The van der Waals surface area contributed by atoms with Crippen LogP contribution in [0.15, 0.2) is 12.4 Å². The smallest absolute Gasteiger partial charge is 0.300 e. The van der Waals surface area contributed by atoms with Gasteiger partial charge < -0.3 is 20.0 Å². The number of aliphatic hydroxyl groups is 1. The zero-order valence-corrected chi connectivity index (χ0v) is 7.97. The number of hydrogen-bond donors (Lipinski definition) is 2. The molecule has 0 unspecified atom stereocenters. The lowest BCUT2D eigenvalue weighted by molar-refractivity contribution is -0.134. The van der Waals surface area contributed by atoms with Gasteiger partial charge in [0.2, 0.25) is 0 Å². The fourth-order valence-corrected chi connectivity index (χ4v) is 0.863. The van der Waals surface area contributed by atoms with Gasteiger partial charge in [0.05, 0.1) is 13.3 Å². The molecule has 0 saturated heterocycles. The number of aliphatic carboxylic acids is 1. The maximum Gasteiger partial charge on any atom is 0.300 e. The van der Waals surface area contributed by atoms with E-state index in [9.17, 15) is 0 Å². The lowest BCUT2D eigenvalue weighted by Crippen LogP contribution is -2.24. The number of aliphatic hydroxyl groups excluding tert-OH is 1. The summed E-state index contributed by atoms with van der Waals surface area (Å²) < 4.78 is 0. The highest BCUT2D eigenvalue weighted by Gasteiger charge is 2.05. The molecule has 1 aliphatic rings. The van der Waals surface area contributed by atoms with Crippen molar-refractivity contribution in [2.75, 3.05) is 26.9 Å². The summed E-state index contributed by atoms with van der Waals surface area (Å²) in [6, 6.07) is 0. The number of hydrogen-bond acceptors (Lipinski definition) is 4. The van der Waals surface area contributed by atoms with E-state index in [1.807, 2.05) is 19.4 Å². The molecule has 0 aromatic rings. The molecule has 0 saturated carbocycles. The van der Waals surface area contributed by atoms with Crippen molar-refractivity contribution in [3.05, 3.63) is 12.4 Å². The van der Waals surface area contributed by atoms with Gasteiger partial charge in [0.15, 0.2) is 0 Å². The molecular formula is C8H16N2O3. The fourth-order valence-electron chi connectivity index (χ4n) is 0.863. The fraction of sp³-hybridized carbons (Fsp3) is 0.625. The van der Waals surface area contributed by atoms with Crippen LogP contribution in [0.5, 0.6) is 0 Å². The van der Waals surface area contributed by atoms with Gasteiger partial charge in [0.25, 0.3) is 5.97 Å². The summed E-state index contributed by atoms with van der Waals surface area (Å²) in [7, 11) is 2.01. The lowest BCUT2D eigenvalue weighted by Gasteiger charge is -2.15. The Bertz CT molecular complexity index is 178. The predicted molar refractivity (Wildman–Crippen MR) is 48.9 cm³/mol. The maximum atomic E-state index is 9.00. The monoisotopic (exact) mass is 188 g/mol. The van der Waals surface area contributed by atoms with Crippen LogP contribution in [0.25, 0.3) is 0 Å². The second-order valence-electron chi connectivity index (χ2n) is 2.75. The molecule has 0 aromatic heterocycles. The predicted octanol–water partition coefficient (Wildman–Crippen LogP) is -0.254. The molecule has 1 rings (SSSR count). The van der Waals surface area contributed by atoms with E-state index in [-0.39, 0.29) is 6.61 Å². The van der Waals surface area contributed by atoms with Crippen molar-refractivity contribution in [1.29, 1.82) is 0 Å². The van der Waals surface area contributed by atoms with Gasteiger partial charge in [0.1, 0.15) is 0 Å². The minimum absolute atomic E-state index is 0.234. The van der Waals surface area contributed by atoms with Crippen LogP contribution in [0, 0.1) is 0 Å². The molecule has 1 heterocycles. The van der Waals surface area contributed by atoms with Gasteiger partial charge in [-0.2, -0.15) is 0 Å². The zero-order chi connectivity index (χ0) is 10.3. The molecule has 0 aromatic carbocycles. The van der Waals surface area contributed by atoms with Gasteiger partial charge in [-0.3, -0.25) is 4.79 Å². The van der Waals surface area contributed by atoms with Gasteiger partial charge in [0, 0.05) is 32.9 Å². The van der Waals surface area contributed by atoms with Crippen LogP contribution in [0.4, 0.5) is 0 Å². The molecule has 13 heavy (non-hydrogen) atoms. The van der Waals surface area contributed by atoms with E-state index in [0.717, 1.165) is 20.1 Å². The van der Waals surface area contributed by atoms with E-state index in [2.05, 4.69) is 9.80 Å². The average molecular weight is 188 g/mol. The van der Waals surface area contributed by atoms with Gasteiger partial charge in [-0.15, -0.1) is 0 Å². The molecule has 2 N–H and O–H groups in total. The minimum atomic E-state index is -0.833. The average Bonchev–Trinajstić information content (AvgIpc) is 2.35. The Kier molecular flexibility index (Phi) is 5.71. The highest BCUT2D eigenvalue weighted by atomic mass is 16.4. The number of carboxylic acid groups (broad SMARTS) is 1. The summed E-state index contributed by atoms with van der Waals surface area (Å²) in [5.41, 5.74) is 0. The maximum absolute atomic E-state index is 9.00. The quantitative estimate of drug-likeness (QED) is 0.625. The highest BCUT2D eigenvalue weighted by molar-refractivity contribution is 5.62. The lowest BCUT2D eigenvalue weighted by atomic mass is 10.6. The molecule has 0 spiro atoms. The number of nitrogens with zero attached hydrogens (tertiary/aromatic N) is 2. The van der Waals surface area contributed by atoms with Crippen LogP contribution in [0.2, 0.25) is 0 Å². The first kappa shape index (κ1) is 11.8. The largest absolute Gasteiger partial charge is 0.481 e. The van der Waals surface area contributed by atoms with Crippen molar-refractivity contribution in [2.24, 2.45) is 0 Å². The van der Waals surface area contributed by atoms with Gasteiger partial charge >= 0.3 is 0 Å². The Balaban J connectivity index is 0.000000310. The third kappa shape index (κ3) is 7.14. The molecule has 0 atom stereocenters. The number of β-amino-alcohol motifs (C(OH)–C–C–N with tert-alkyl or cyclic N) is 1. The van der Waals surface area contributed by atoms with Crippen LogP contribution in [-0.4, -0.2) is 52.9 Å². The first-order valence-corrected chi connectivity index (χ1v) is 3.99. The van der Waals surface area contributed by atoms with E-state index in [0.29, 0.717) is 0 Å². The van der Waals surface area contributed by atoms with Crippen LogP contribution in [0.3, 0.4) is 0 Å². The van der Waals surface area contributed by atoms with Crippen molar-refractivity contribution in [3.63, 3.8) is 0 Å². The zero-order valence-electron chi connectivity index (χ0n) is 7.97. The van der Waals surface area contributed by atoms with Crippen molar-refractivity contribution in [1.82, 2.24) is 9.80 Å². The Morgan fingerprint density at radius 1 is 1.54 bits per heavy atom. The van der Waals surface area contributed by atoms with Crippen LogP contribution < -0.4 is 0 Å². The normalized spacial score (nSPS) is 14.1. The second kappa shape index (κ2) is 6.30. The van der Waals surface area contributed by atoms with Crippen molar-refractivity contribution < 1.29 is 15.0 Å². The summed E-state index contributed by atoms with van der Waals surface area (Å²) in [6.07, 6.45) is 3.98. The first-order chi connectivity index (χ1) is 6.06. The molecule has 0 bridgehead atoms. The summed E-state index contributed by atoms with van der Waals surface area (Å²) in [5, 5.41) is 15.9. The Morgan fingerprint density at radius 3 is 2.38 bits per heavy atom. The van der Waals surface area contributed by atoms with E-state index < -0.39 is 5.97 Å². The van der Waals surface area contributed by atoms with E-state index in [1.54, 1.807) is 0 Å². The molecule has 0 amide bonds. The van der Waals surface area contributed by atoms with E-state index in [4.69, 9.17) is 15.0 Å². The number of carbonyl (C=O) groups is 1. The number of rotatable bonds is 2. The summed E-state index contributed by atoms with van der Waals surface area (Å²) in [6.45, 7) is 2.96. The third-order valence-electron chi connectivity index (χ3n) is 1.32. The molecule has 5 heteroatoms.